The predicted molar refractivity (Wildman–Crippen MR) is 123 cm³/mol. The molecule has 0 saturated carbocycles. The number of aliphatic carboxylic acids is 1. The molecular formula is C25H27N3O5. The number of rotatable bonds is 6. The molecule has 0 spiro atoms. The van der Waals surface area contributed by atoms with Crippen molar-refractivity contribution < 1.29 is 24.3 Å². The molecule has 0 saturated heterocycles. The topological polar surface area (TPSA) is 116 Å². The fraction of sp³-hybridized carbons (Fsp3) is 0.280. The summed E-state index contributed by atoms with van der Waals surface area (Å²) < 4.78 is 0. The largest absolute Gasteiger partial charge is 0.481 e. The second kappa shape index (κ2) is 9.68. The number of benzene rings is 2. The number of amides is 3. The Morgan fingerprint density at radius 2 is 1.64 bits per heavy atom. The van der Waals surface area contributed by atoms with Gasteiger partial charge in [-0.15, -0.1) is 0 Å². The van der Waals surface area contributed by atoms with E-state index in [1.165, 1.54) is 18.0 Å². The normalized spacial score (nSPS) is 16.8. The van der Waals surface area contributed by atoms with Gasteiger partial charge in [-0.25, -0.2) is 4.79 Å². The summed E-state index contributed by atoms with van der Waals surface area (Å²) in [6.45, 7) is 5.67. The van der Waals surface area contributed by atoms with E-state index in [4.69, 9.17) is 0 Å². The molecule has 1 aliphatic heterocycles. The summed E-state index contributed by atoms with van der Waals surface area (Å²) in [5, 5.41) is 14.3. The average Bonchev–Trinajstić information content (AvgIpc) is 2.75. The highest BCUT2D eigenvalue weighted by Gasteiger charge is 2.34. The van der Waals surface area contributed by atoms with Crippen LogP contribution >= 0.6 is 0 Å². The fourth-order valence-electron chi connectivity index (χ4n) is 3.92. The van der Waals surface area contributed by atoms with Gasteiger partial charge in [0.05, 0.1) is 12.5 Å². The molecule has 2 aromatic carbocycles. The molecule has 0 radical (unpaired) electrons. The van der Waals surface area contributed by atoms with Gasteiger partial charge in [0.15, 0.2) is 11.8 Å². The van der Waals surface area contributed by atoms with Crippen LogP contribution in [0.25, 0.3) is 11.1 Å². The number of nitrogens with one attached hydrogen (secondary N) is 2. The van der Waals surface area contributed by atoms with Crippen molar-refractivity contribution >= 4 is 23.7 Å². The van der Waals surface area contributed by atoms with E-state index in [2.05, 4.69) is 10.6 Å². The van der Waals surface area contributed by atoms with Crippen molar-refractivity contribution in [3.63, 3.8) is 0 Å². The predicted octanol–water partition coefficient (Wildman–Crippen LogP) is 3.10. The zero-order valence-corrected chi connectivity index (χ0v) is 19.0. The Hall–Kier alpha value is -3.94. The first kappa shape index (κ1) is 23.7. The van der Waals surface area contributed by atoms with Crippen LogP contribution < -0.4 is 10.6 Å². The number of aryl methyl sites for hydroxylation is 2. The molecule has 3 amide bonds. The lowest BCUT2D eigenvalue weighted by atomic mass is 9.94. The molecule has 33 heavy (non-hydrogen) atoms. The van der Waals surface area contributed by atoms with Crippen molar-refractivity contribution in [1.82, 2.24) is 15.5 Å². The number of hydrogen-bond donors (Lipinski definition) is 3. The van der Waals surface area contributed by atoms with Crippen LogP contribution in [0.15, 0.2) is 54.2 Å². The maximum absolute atomic E-state index is 12.6. The molecule has 0 fully saturated rings. The average molecular weight is 450 g/mol. The fourth-order valence-corrected chi connectivity index (χ4v) is 3.92. The molecule has 1 heterocycles. The molecule has 0 aromatic heterocycles. The second-order valence-corrected chi connectivity index (χ2v) is 8.18. The van der Waals surface area contributed by atoms with Crippen LogP contribution in [-0.2, 0) is 14.4 Å². The summed E-state index contributed by atoms with van der Waals surface area (Å²) in [5.41, 5.74) is 5.41. The maximum atomic E-state index is 12.6. The van der Waals surface area contributed by atoms with E-state index < -0.39 is 35.8 Å². The van der Waals surface area contributed by atoms with Crippen molar-refractivity contribution in [1.29, 1.82) is 0 Å². The highest BCUT2D eigenvalue weighted by molar-refractivity contribution is 6.14. The minimum Gasteiger partial charge on any atom is -0.481 e. The lowest BCUT2D eigenvalue weighted by Gasteiger charge is -2.28. The number of urea groups is 1. The smallest absolute Gasteiger partial charge is 0.316 e. The van der Waals surface area contributed by atoms with E-state index >= 15 is 0 Å². The molecule has 0 aliphatic carbocycles. The summed E-state index contributed by atoms with van der Waals surface area (Å²) in [7, 11) is 1.51. The maximum Gasteiger partial charge on any atom is 0.316 e. The molecule has 2 atom stereocenters. The van der Waals surface area contributed by atoms with Crippen LogP contribution in [0.2, 0.25) is 0 Å². The Bertz CT molecular complexity index is 1120. The van der Waals surface area contributed by atoms with E-state index in [1.54, 1.807) is 19.1 Å². The third kappa shape index (κ3) is 5.28. The van der Waals surface area contributed by atoms with Gasteiger partial charge < -0.3 is 20.6 Å². The number of carbonyl (C=O) groups is 4. The van der Waals surface area contributed by atoms with Gasteiger partial charge in [0.2, 0.25) is 0 Å². The summed E-state index contributed by atoms with van der Waals surface area (Å²) in [5.74, 6) is -2.18. The summed E-state index contributed by atoms with van der Waals surface area (Å²) >= 11 is 0. The zero-order valence-electron chi connectivity index (χ0n) is 19.0. The summed E-state index contributed by atoms with van der Waals surface area (Å²) in [4.78, 5) is 49.8. The quantitative estimate of drug-likeness (QED) is 0.586. The molecule has 3 rings (SSSR count). The summed E-state index contributed by atoms with van der Waals surface area (Å²) in [6.07, 6.45) is 0.926. The first-order chi connectivity index (χ1) is 15.6. The van der Waals surface area contributed by atoms with Crippen LogP contribution in [0.5, 0.6) is 0 Å². The molecule has 1 aliphatic rings. The molecule has 3 N–H and O–H groups in total. The van der Waals surface area contributed by atoms with Gasteiger partial charge in [0.25, 0.3) is 5.91 Å². The van der Waals surface area contributed by atoms with E-state index in [0.717, 1.165) is 22.3 Å². The Balaban J connectivity index is 1.79. The molecule has 8 nitrogen and oxygen atoms in total. The minimum absolute atomic E-state index is 0.359. The highest BCUT2D eigenvalue weighted by atomic mass is 16.4. The Kier molecular flexibility index (Phi) is 6.96. The molecule has 0 bridgehead atoms. The van der Waals surface area contributed by atoms with Gasteiger partial charge in [-0.1, -0.05) is 42.5 Å². The van der Waals surface area contributed by atoms with E-state index in [1.807, 2.05) is 44.2 Å². The third-order valence-electron chi connectivity index (χ3n) is 5.78. The lowest BCUT2D eigenvalue weighted by molar-refractivity contribution is -0.138. The number of allylic oxidation sites excluding steroid dienone is 1. The Morgan fingerprint density at radius 3 is 2.21 bits per heavy atom. The molecular weight excluding hydrogens is 422 g/mol. The van der Waals surface area contributed by atoms with Gasteiger partial charge in [-0.05, 0) is 48.6 Å². The number of nitrogens with zero attached hydrogens (tertiary/aromatic N) is 1. The third-order valence-corrected chi connectivity index (χ3v) is 5.78. The van der Waals surface area contributed by atoms with Crippen molar-refractivity contribution in [2.24, 2.45) is 0 Å². The lowest BCUT2D eigenvalue weighted by Crippen LogP contribution is -2.56. The van der Waals surface area contributed by atoms with Crippen LogP contribution in [0.1, 0.15) is 36.1 Å². The zero-order chi connectivity index (χ0) is 24.3. The Morgan fingerprint density at radius 1 is 1.03 bits per heavy atom. The number of carbonyl (C=O) groups excluding carboxylic acids is 3. The number of carboxylic acid groups (broad SMARTS) is 1. The van der Waals surface area contributed by atoms with Gasteiger partial charge in [-0.2, -0.15) is 0 Å². The number of carboxylic acids is 1. The highest BCUT2D eigenvalue weighted by Crippen LogP contribution is 2.29. The van der Waals surface area contributed by atoms with Crippen molar-refractivity contribution in [3.8, 4) is 11.1 Å². The number of ketones is 1. The van der Waals surface area contributed by atoms with Crippen LogP contribution in [0.4, 0.5) is 4.79 Å². The number of likely N-dealkylation sites (N-methyl/N-ethyl adjacent to an activating group) is 1. The monoisotopic (exact) mass is 449 g/mol. The standard InChI is InChI=1S/C25H27N3O5/c1-14-6-5-7-15(2)22(14)18-10-8-17(9-11-18)19(13-21(30)31)26-25(33)27-23-20(29)12-16(3)28(4)24(23)32/h5-12,19,23H,13H2,1-4H3,(H,30,31)(H2,26,27,33). The van der Waals surface area contributed by atoms with Crippen LogP contribution in [0.3, 0.4) is 0 Å². The first-order valence-electron chi connectivity index (χ1n) is 10.5. The SMILES string of the molecule is CC1=CC(=O)C(NC(=O)NC(CC(=O)O)c2ccc(-c3c(C)cccc3C)cc2)C(=O)N1C. The molecule has 8 heteroatoms. The van der Waals surface area contributed by atoms with Crippen molar-refractivity contribution in [2.45, 2.75) is 39.3 Å². The molecule has 2 aromatic rings. The van der Waals surface area contributed by atoms with Crippen LogP contribution in [-0.4, -0.2) is 46.8 Å². The molecule has 2 unspecified atom stereocenters. The van der Waals surface area contributed by atoms with Crippen LogP contribution in [0, 0.1) is 13.8 Å². The van der Waals surface area contributed by atoms with Gasteiger partial charge in [-0.3, -0.25) is 14.4 Å². The van der Waals surface area contributed by atoms with Gasteiger partial charge in [0.1, 0.15) is 0 Å². The van der Waals surface area contributed by atoms with E-state index in [-0.39, 0.29) is 6.42 Å². The minimum atomic E-state index is -1.35. The van der Waals surface area contributed by atoms with Crippen molar-refractivity contribution in [2.75, 3.05) is 7.05 Å². The van der Waals surface area contributed by atoms with E-state index in [0.29, 0.717) is 11.3 Å². The van der Waals surface area contributed by atoms with Crippen molar-refractivity contribution in [3.05, 3.63) is 70.9 Å². The molecule has 172 valence electrons. The first-order valence-corrected chi connectivity index (χ1v) is 10.5. The summed E-state index contributed by atoms with van der Waals surface area (Å²) in [6, 6.07) is 10.4. The Labute approximate surface area is 192 Å². The second-order valence-electron chi connectivity index (χ2n) is 8.18. The van der Waals surface area contributed by atoms with Gasteiger partial charge >= 0.3 is 12.0 Å². The number of hydrogen-bond acceptors (Lipinski definition) is 4. The van der Waals surface area contributed by atoms with Gasteiger partial charge in [0, 0.05) is 18.8 Å². The van der Waals surface area contributed by atoms with E-state index in [9.17, 15) is 24.3 Å².